The lowest BCUT2D eigenvalue weighted by Gasteiger charge is -2.25. The number of carbonyl (C=O) groups excluding carboxylic acids is 4. The van der Waals surface area contributed by atoms with Gasteiger partial charge >= 0.3 is 17.9 Å². The topological polar surface area (TPSA) is 96.0 Å². The Morgan fingerprint density at radius 3 is 2.15 bits per heavy atom. The summed E-state index contributed by atoms with van der Waals surface area (Å²) in [6, 6.07) is 0. The van der Waals surface area contributed by atoms with Crippen molar-refractivity contribution in [3.8, 4) is 0 Å². The zero-order chi connectivity index (χ0) is 15.3. The van der Waals surface area contributed by atoms with Gasteiger partial charge in [0.1, 0.15) is 0 Å². The maximum atomic E-state index is 12.1. The summed E-state index contributed by atoms with van der Waals surface area (Å²) in [5, 5.41) is 0. The van der Waals surface area contributed by atoms with Crippen molar-refractivity contribution in [3.05, 3.63) is 11.6 Å². The van der Waals surface area contributed by atoms with Gasteiger partial charge in [0.2, 0.25) is 0 Å². The number of ether oxygens (including phenoxy) is 3. The summed E-state index contributed by atoms with van der Waals surface area (Å²) in [4.78, 5) is 47.4. The van der Waals surface area contributed by atoms with Gasteiger partial charge in [0.15, 0.2) is 11.2 Å². The van der Waals surface area contributed by atoms with Crippen LogP contribution >= 0.6 is 0 Å². The van der Waals surface area contributed by atoms with Crippen LogP contribution in [0.15, 0.2) is 11.6 Å². The van der Waals surface area contributed by atoms with Gasteiger partial charge in [0.05, 0.1) is 26.9 Å². The molecule has 7 heteroatoms. The highest BCUT2D eigenvalue weighted by Gasteiger charge is 2.55. The van der Waals surface area contributed by atoms with Crippen molar-refractivity contribution in [3.63, 3.8) is 0 Å². The molecule has 0 bridgehead atoms. The maximum absolute atomic E-state index is 12.1. The maximum Gasteiger partial charge on any atom is 0.335 e. The minimum atomic E-state index is -1.78. The molecule has 1 aliphatic rings. The fourth-order valence-electron chi connectivity index (χ4n) is 2.29. The highest BCUT2D eigenvalue weighted by Crippen LogP contribution is 2.43. The zero-order valence-electron chi connectivity index (χ0n) is 11.6. The van der Waals surface area contributed by atoms with Crippen molar-refractivity contribution in [2.45, 2.75) is 19.3 Å². The van der Waals surface area contributed by atoms with Crippen LogP contribution < -0.4 is 0 Å². The average Bonchev–Trinajstić information content (AvgIpc) is 2.85. The van der Waals surface area contributed by atoms with E-state index in [-0.39, 0.29) is 18.4 Å². The van der Waals surface area contributed by atoms with E-state index in [2.05, 4.69) is 14.2 Å². The zero-order valence-corrected chi connectivity index (χ0v) is 11.6. The van der Waals surface area contributed by atoms with Gasteiger partial charge in [-0.25, -0.2) is 9.59 Å². The van der Waals surface area contributed by atoms with Gasteiger partial charge in [-0.3, -0.25) is 9.59 Å². The van der Waals surface area contributed by atoms with Crippen LogP contribution in [0.3, 0.4) is 0 Å². The molecule has 1 fully saturated rings. The minimum Gasteiger partial charge on any atom is -0.468 e. The molecule has 110 valence electrons. The molecule has 0 aliphatic heterocycles. The average molecular weight is 284 g/mol. The van der Waals surface area contributed by atoms with E-state index in [9.17, 15) is 19.2 Å². The molecular formula is C13H16O7. The van der Waals surface area contributed by atoms with Crippen LogP contribution in [0.25, 0.3) is 0 Å². The van der Waals surface area contributed by atoms with Crippen molar-refractivity contribution in [2.24, 2.45) is 5.41 Å². The van der Waals surface area contributed by atoms with E-state index in [1.165, 1.54) is 0 Å². The number of esters is 3. The van der Waals surface area contributed by atoms with Crippen LogP contribution in [0.5, 0.6) is 0 Å². The van der Waals surface area contributed by atoms with Crippen LogP contribution in [-0.2, 0) is 33.4 Å². The molecule has 0 aromatic carbocycles. The molecule has 1 aliphatic carbocycles. The van der Waals surface area contributed by atoms with Crippen molar-refractivity contribution in [2.75, 3.05) is 21.3 Å². The number of Topliss-reactive ketones (excluding diaryl/α,β-unsaturated/α-hetero) is 1. The van der Waals surface area contributed by atoms with E-state index in [0.29, 0.717) is 6.42 Å². The Morgan fingerprint density at radius 2 is 1.75 bits per heavy atom. The van der Waals surface area contributed by atoms with Crippen LogP contribution in [0.4, 0.5) is 0 Å². The summed E-state index contributed by atoms with van der Waals surface area (Å²) in [6.45, 7) is 0. The lowest BCUT2D eigenvalue weighted by Crippen LogP contribution is -2.41. The summed E-state index contributed by atoms with van der Waals surface area (Å²) < 4.78 is 13.6. The van der Waals surface area contributed by atoms with E-state index in [4.69, 9.17) is 0 Å². The second kappa shape index (κ2) is 6.31. The number of carbonyl (C=O) groups is 4. The Morgan fingerprint density at radius 1 is 1.10 bits per heavy atom. The van der Waals surface area contributed by atoms with Gasteiger partial charge in [-0.1, -0.05) is 0 Å². The first-order valence-corrected chi connectivity index (χ1v) is 5.94. The number of ketones is 1. The van der Waals surface area contributed by atoms with Crippen molar-refractivity contribution in [1.29, 1.82) is 0 Å². The second-order valence-electron chi connectivity index (χ2n) is 4.25. The molecule has 7 nitrogen and oxygen atoms in total. The second-order valence-corrected chi connectivity index (χ2v) is 4.25. The quantitative estimate of drug-likeness (QED) is 0.314. The van der Waals surface area contributed by atoms with Gasteiger partial charge in [0.25, 0.3) is 0 Å². The highest BCUT2D eigenvalue weighted by atomic mass is 16.5. The summed E-state index contributed by atoms with van der Waals surface area (Å²) in [7, 11) is 3.33. The lowest BCUT2D eigenvalue weighted by atomic mass is 9.77. The molecule has 20 heavy (non-hydrogen) atoms. The summed E-state index contributed by atoms with van der Waals surface area (Å²) in [6.07, 6.45) is 1.45. The normalized spacial score (nSPS) is 22.4. The number of hydrogen-bond acceptors (Lipinski definition) is 7. The number of hydrogen-bond donors (Lipinski definition) is 0. The molecule has 0 aromatic heterocycles. The highest BCUT2D eigenvalue weighted by molar-refractivity contribution is 6.16. The summed E-state index contributed by atoms with van der Waals surface area (Å²) in [5.74, 6) is -3.13. The number of rotatable bonds is 4. The summed E-state index contributed by atoms with van der Waals surface area (Å²) in [5.41, 5.74) is -2.13. The Kier molecular flexibility index (Phi) is 5.01. The smallest absolute Gasteiger partial charge is 0.335 e. The third kappa shape index (κ3) is 2.56. The fourth-order valence-corrected chi connectivity index (χ4v) is 2.29. The Bertz CT molecular complexity index is 477. The lowest BCUT2D eigenvalue weighted by molar-refractivity contribution is -0.157. The van der Waals surface area contributed by atoms with Gasteiger partial charge in [-0.05, 0) is 12.8 Å². The van der Waals surface area contributed by atoms with E-state index >= 15 is 0 Å². The first-order valence-electron chi connectivity index (χ1n) is 5.94. The first kappa shape index (κ1) is 15.9. The van der Waals surface area contributed by atoms with Crippen LogP contribution in [0, 0.1) is 5.41 Å². The molecule has 0 heterocycles. The third-order valence-corrected chi connectivity index (χ3v) is 3.29. The van der Waals surface area contributed by atoms with Crippen molar-refractivity contribution < 1.29 is 33.4 Å². The Labute approximate surface area is 115 Å². The van der Waals surface area contributed by atoms with Crippen molar-refractivity contribution in [1.82, 2.24) is 0 Å². The van der Waals surface area contributed by atoms with E-state index < -0.39 is 29.1 Å². The molecule has 0 aromatic rings. The Balaban J connectivity index is 3.43. The van der Waals surface area contributed by atoms with Crippen molar-refractivity contribution >= 4 is 23.7 Å². The Hall–Kier alpha value is -2.18. The molecule has 0 radical (unpaired) electrons. The monoisotopic (exact) mass is 284 g/mol. The molecule has 1 atom stereocenters. The SMILES string of the molecule is COC(=O)/C=C(\C(=O)OC)C1(C(=O)OC)CCCC1=O. The van der Waals surface area contributed by atoms with E-state index in [0.717, 1.165) is 27.4 Å². The molecule has 0 amide bonds. The van der Waals surface area contributed by atoms with Gasteiger partial charge in [-0.15, -0.1) is 0 Å². The van der Waals surface area contributed by atoms with Crippen LogP contribution in [0.1, 0.15) is 19.3 Å². The van der Waals surface area contributed by atoms with Crippen LogP contribution in [0.2, 0.25) is 0 Å². The van der Waals surface area contributed by atoms with Crippen LogP contribution in [-0.4, -0.2) is 45.0 Å². The van der Waals surface area contributed by atoms with Gasteiger partial charge < -0.3 is 14.2 Å². The van der Waals surface area contributed by atoms with Gasteiger partial charge in [0, 0.05) is 12.5 Å². The third-order valence-electron chi connectivity index (χ3n) is 3.29. The number of methoxy groups -OCH3 is 3. The first-order chi connectivity index (χ1) is 9.43. The van der Waals surface area contributed by atoms with E-state index in [1.807, 2.05) is 0 Å². The molecule has 0 N–H and O–H groups in total. The molecule has 0 saturated heterocycles. The summed E-state index contributed by atoms with van der Waals surface area (Å²) >= 11 is 0. The van der Waals surface area contributed by atoms with Gasteiger partial charge in [-0.2, -0.15) is 0 Å². The standard InChI is InChI=1S/C13H16O7/c1-18-10(15)7-8(11(16)19-2)13(12(17)20-3)6-4-5-9(13)14/h7H,4-6H2,1-3H3/b8-7+. The molecular weight excluding hydrogens is 268 g/mol. The molecule has 1 unspecified atom stereocenters. The predicted octanol–water partition coefficient (Wildman–Crippen LogP) is 0.171. The molecule has 1 saturated carbocycles. The van der Waals surface area contributed by atoms with E-state index in [1.54, 1.807) is 0 Å². The fraction of sp³-hybridized carbons (Fsp3) is 0.538. The molecule has 0 spiro atoms. The largest absolute Gasteiger partial charge is 0.468 e. The minimum absolute atomic E-state index is 0.0937. The predicted molar refractivity (Wildman–Crippen MR) is 65.4 cm³/mol. The molecule has 1 rings (SSSR count).